The predicted octanol–water partition coefficient (Wildman–Crippen LogP) is 7.02. The summed E-state index contributed by atoms with van der Waals surface area (Å²) in [6.45, 7) is 25.0. The average molecular weight is 769 g/mol. The van der Waals surface area contributed by atoms with Crippen molar-refractivity contribution in [2.45, 2.75) is 106 Å². The van der Waals surface area contributed by atoms with E-state index >= 15 is 0 Å². The Morgan fingerprint density at radius 2 is 1.31 bits per heavy atom. The van der Waals surface area contributed by atoms with Crippen molar-refractivity contribution in [1.29, 1.82) is 0 Å². The largest absolute Gasteiger partial charge is 1.00 e. The molecule has 3 heteroatoms. The minimum Gasteiger partial charge on any atom is -1.00 e. The number of unbranched alkanes of at least 4 members (excludes halogenated alkanes) is 1. The molecule has 3 aliphatic rings. The van der Waals surface area contributed by atoms with Crippen LogP contribution >= 0.6 is 0 Å². The topological polar surface area (TPSA) is 0 Å². The van der Waals surface area contributed by atoms with Crippen LogP contribution in [0.15, 0.2) is 90.5 Å². The van der Waals surface area contributed by atoms with Crippen molar-refractivity contribution in [3.63, 3.8) is 0 Å². The molecule has 49 heavy (non-hydrogen) atoms. The molecule has 0 nitrogen and oxygen atoms in total. The quantitative estimate of drug-likeness (QED) is 0.196. The third-order valence-corrected chi connectivity index (χ3v) is 10.9. The van der Waals surface area contributed by atoms with Gasteiger partial charge in [0, 0.05) is 10.8 Å². The van der Waals surface area contributed by atoms with Gasteiger partial charge in [0.2, 0.25) is 0 Å². The number of allylic oxidation sites excluding steroid dienone is 8. The van der Waals surface area contributed by atoms with Crippen LogP contribution in [0.2, 0.25) is 0 Å². The van der Waals surface area contributed by atoms with Gasteiger partial charge in [-0.15, -0.1) is 39.7 Å². The maximum atomic E-state index is 3.43. The molecule has 0 saturated heterocycles. The van der Waals surface area contributed by atoms with Crippen molar-refractivity contribution in [1.82, 2.24) is 0 Å². The van der Waals surface area contributed by atoms with Gasteiger partial charge in [-0.2, -0.15) is 11.6 Å². The van der Waals surface area contributed by atoms with Crippen LogP contribution in [0.5, 0.6) is 0 Å². The van der Waals surface area contributed by atoms with Crippen LogP contribution in [0.4, 0.5) is 0 Å². The van der Waals surface area contributed by atoms with E-state index < -0.39 is 0 Å². The molecule has 0 fully saturated rings. The first kappa shape index (κ1) is 41.2. The fourth-order valence-electron chi connectivity index (χ4n) is 7.47. The van der Waals surface area contributed by atoms with Gasteiger partial charge in [-0.3, -0.25) is 6.08 Å². The van der Waals surface area contributed by atoms with Crippen molar-refractivity contribution in [2.24, 2.45) is 11.3 Å². The number of hydrogen-bond acceptors (Lipinski definition) is 0. The maximum Gasteiger partial charge on any atom is -1.00 e. The monoisotopic (exact) mass is 766 g/mol. The molecular weight excluding hydrogens is 715 g/mol. The molecule has 0 N–H and O–H groups in total. The molecule has 7 rings (SSSR count). The van der Waals surface area contributed by atoms with Gasteiger partial charge >= 0.3 is 70.3 Å². The smallest absolute Gasteiger partial charge is 1.00 e. The van der Waals surface area contributed by atoms with Crippen LogP contribution in [-0.2, 0) is 35.1 Å². The van der Waals surface area contributed by atoms with Crippen LogP contribution < -0.4 is 24.8 Å². The fourth-order valence-corrected chi connectivity index (χ4v) is 7.88. The molecule has 0 aliphatic heterocycles. The van der Waals surface area contributed by atoms with Gasteiger partial charge in [-0.1, -0.05) is 121 Å². The van der Waals surface area contributed by atoms with Crippen LogP contribution in [0.25, 0.3) is 32.7 Å². The summed E-state index contributed by atoms with van der Waals surface area (Å²) in [5.41, 5.74) is 12.0. The first-order valence-electron chi connectivity index (χ1n) is 17.6. The second kappa shape index (κ2) is 16.0. The van der Waals surface area contributed by atoms with Gasteiger partial charge in [0.25, 0.3) is 0 Å². The SMILES string of the molecule is CC1=CC(C)(C)c2cc3[cH-]c4cc5c(cc4c3cc21)C(C)=CC5(C)C.CCCCC1[C-]=CC(C(C)(C)C)=C1.C[C](=[Zr+2])c1ccccc1.[Cl-].[Cl-]. The summed E-state index contributed by atoms with van der Waals surface area (Å²) in [5.74, 6) is 0.592. The maximum absolute atomic E-state index is 3.43. The zero-order chi connectivity index (χ0) is 34.3. The molecule has 0 aromatic heterocycles. The van der Waals surface area contributed by atoms with E-state index in [-0.39, 0.29) is 35.6 Å². The van der Waals surface area contributed by atoms with E-state index in [1.54, 1.807) is 0 Å². The number of benzene rings is 3. The Balaban J connectivity index is 0.000000229. The average Bonchev–Trinajstić information content (AvgIpc) is 3.73. The zero-order valence-electron chi connectivity index (χ0n) is 31.5. The van der Waals surface area contributed by atoms with Gasteiger partial charge in [0.05, 0.1) is 0 Å². The second-order valence-electron chi connectivity index (χ2n) is 16.1. The molecule has 0 bridgehead atoms. The standard InChI is InChI=1S/C25H25.C13H21.C8H8.2ClH.Zr/c1-14-12-24(3,4)22-8-16-7-17-9-23-19(15(2)13-25(23,5)6)11-21(17)20(16)10-18(14)22;1-5-6-7-11-8-9-12(10-11)13(2,3)4;1-2-8-6-4-3-5-7-8;;;/h7-13H,1-6H3;9-11H,5-7H2,1-4H3;3-7H,1H3;2*1H;/q2*-1;;;;+2/p-2. The molecular formula is C46H54Cl2Zr-2. The Kier molecular flexibility index (Phi) is 13.5. The molecule has 0 radical (unpaired) electrons. The van der Waals surface area contributed by atoms with Gasteiger partial charge in [-0.25, -0.2) is 6.08 Å². The van der Waals surface area contributed by atoms with Crippen molar-refractivity contribution >= 4 is 35.9 Å². The summed E-state index contributed by atoms with van der Waals surface area (Å²) in [4.78, 5) is 0. The number of fused-ring (bicyclic) bond motifs is 5. The van der Waals surface area contributed by atoms with Gasteiger partial charge < -0.3 is 24.8 Å². The first-order chi connectivity index (χ1) is 22.0. The minimum atomic E-state index is 0. The summed E-state index contributed by atoms with van der Waals surface area (Å²) < 4.78 is 1.46. The van der Waals surface area contributed by atoms with E-state index in [1.807, 2.05) is 6.07 Å². The Hall–Kier alpha value is -2.18. The molecule has 0 spiro atoms. The third kappa shape index (κ3) is 9.01. The van der Waals surface area contributed by atoms with E-state index in [4.69, 9.17) is 0 Å². The zero-order valence-corrected chi connectivity index (χ0v) is 35.5. The van der Waals surface area contributed by atoms with Crippen LogP contribution in [0.1, 0.15) is 123 Å². The molecule has 4 aromatic carbocycles. The van der Waals surface area contributed by atoms with E-state index in [0.29, 0.717) is 11.3 Å². The molecule has 0 amide bonds. The van der Waals surface area contributed by atoms with E-state index in [1.165, 1.54) is 113 Å². The molecule has 4 aromatic rings. The molecule has 0 heterocycles. The fraction of sp³-hybridized carbons (Fsp3) is 0.391. The van der Waals surface area contributed by atoms with Crippen LogP contribution in [0, 0.1) is 17.4 Å². The summed E-state index contributed by atoms with van der Waals surface area (Å²) in [5, 5.41) is 5.57. The Bertz CT molecular complexity index is 1840. The number of hydrogen-bond donors (Lipinski definition) is 0. The third-order valence-electron chi connectivity index (χ3n) is 10.1. The van der Waals surface area contributed by atoms with E-state index in [9.17, 15) is 0 Å². The second-order valence-corrected chi connectivity index (χ2v) is 18.0. The summed E-state index contributed by atoms with van der Waals surface area (Å²) in [7, 11) is 0. The minimum absolute atomic E-state index is 0. The predicted molar refractivity (Wildman–Crippen MR) is 205 cm³/mol. The molecule has 258 valence electrons. The summed E-state index contributed by atoms with van der Waals surface area (Å²) in [6, 6.07) is 22.6. The van der Waals surface area contributed by atoms with Crippen molar-refractivity contribution in [2.75, 3.05) is 0 Å². The molecule has 0 saturated carbocycles. The summed E-state index contributed by atoms with van der Waals surface area (Å²) in [6.07, 6.45) is 16.7. The first-order valence-corrected chi connectivity index (χ1v) is 18.8. The molecule has 1 unspecified atom stereocenters. The van der Waals surface area contributed by atoms with Gasteiger partial charge in [0.15, 0.2) is 0 Å². The number of halogens is 2. The summed E-state index contributed by atoms with van der Waals surface area (Å²) >= 11 is 1.51. The van der Waals surface area contributed by atoms with E-state index in [2.05, 4.69) is 161 Å². The number of rotatable bonds is 4. The van der Waals surface area contributed by atoms with Crippen LogP contribution in [-0.4, -0.2) is 3.21 Å². The molecule has 3 aliphatic carbocycles. The van der Waals surface area contributed by atoms with Gasteiger partial charge in [0.1, 0.15) is 0 Å². The Labute approximate surface area is 324 Å². The van der Waals surface area contributed by atoms with Crippen molar-refractivity contribution in [3.8, 4) is 0 Å². The van der Waals surface area contributed by atoms with Crippen molar-refractivity contribution in [3.05, 3.63) is 124 Å². The normalized spacial score (nSPS) is 17.7. The Morgan fingerprint density at radius 3 is 1.69 bits per heavy atom. The van der Waals surface area contributed by atoms with Crippen LogP contribution in [0.3, 0.4) is 0 Å². The van der Waals surface area contributed by atoms with Crippen molar-refractivity contribution < 1.29 is 49.0 Å². The molecule has 1 atom stereocenters. The Morgan fingerprint density at radius 1 is 0.816 bits per heavy atom. The van der Waals surface area contributed by atoms with Gasteiger partial charge in [-0.05, 0) is 36.1 Å². The van der Waals surface area contributed by atoms with E-state index in [0.717, 1.165) is 0 Å².